The average molecular weight is 281 g/mol. The fourth-order valence-electron chi connectivity index (χ4n) is 1.87. The van der Waals surface area contributed by atoms with Crippen LogP contribution >= 0.6 is 23.2 Å². The molecule has 1 fully saturated rings. The Balaban J connectivity index is 2.13. The first-order valence-electron chi connectivity index (χ1n) is 5.70. The summed E-state index contributed by atoms with van der Waals surface area (Å²) in [5, 5.41) is 1.04. The van der Waals surface area contributed by atoms with E-state index < -0.39 is 0 Å². The van der Waals surface area contributed by atoms with Crippen LogP contribution in [0.4, 0.5) is 0 Å². The van der Waals surface area contributed by atoms with E-state index in [1.54, 1.807) is 24.3 Å². The zero-order valence-electron chi connectivity index (χ0n) is 9.41. The van der Waals surface area contributed by atoms with E-state index in [1.807, 2.05) is 0 Å². The molecule has 0 aliphatic heterocycles. The molecular weight excluding hydrogens is 271 g/mol. The highest BCUT2D eigenvalue weighted by molar-refractivity contribution is 6.36. The van der Waals surface area contributed by atoms with Crippen LogP contribution in [-0.2, 0) is 0 Å². The summed E-state index contributed by atoms with van der Waals surface area (Å²) in [5.41, 5.74) is 1.40. The Morgan fingerprint density at radius 3 is 2.67 bits per heavy atom. The fourth-order valence-corrected chi connectivity index (χ4v) is 2.37. The lowest BCUT2D eigenvalue weighted by molar-refractivity contribution is 0.977. The molecule has 3 rings (SSSR count). The van der Waals surface area contributed by atoms with Crippen molar-refractivity contribution in [3.05, 3.63) is 50.4 Å². The smallest absolute Gasteiger partial charge is 0.251 e. The lowest BCUT2D eigenvalue weighted by atomic mass is 10.2. The summed E-state index contributed by atoms with van der Waals surface area (Å²) >= 11 is 12.0. The molecule has 1 heterocycles. The van der Waals surface area contributed by atoms with Gasteiger partial charge in [0.25, 0.3) is 5.56 Å². The van der Waals surface area contributed by atoms with E-state index in [0.717, 1.165) is 18.5 Å². The molecule has 1 N–H and O–H groups in total. The molecule has 1 aliphatic carbocycles. The van der Waals surface area contributed by atoms with Crippen molar-refractivity contribution < 1.29 is 0 Å². The molecule has 1 aromatic heterocycles. The van der Waals surface area contributed by atoms with Crippen LogP contribution in [0.25, 0.3) is 11.4 Å². The van der Waals surface area contributed by atoms with Crippen molar-refractivity contribution in [3.63, 3.8) is 0 Å². The predicted octanol–water partition coefficient (Wildman–Crippen LogP) is 3.62. The Bertz CT molecular complexity index is 662. The van der Waals surface area contributed by atoms with Crippen molar-refractivity contribution >= 4 is 23.2 Å². The molecule has 92 valence electrons. The number of halogens is 2. The van der Waals surface area contributed by atoms with Gasteiger partial charge in [0, 0.05) is 22.6 Å². The minimum absolute atomic E-state index is 0.145. The van der Waals surface area contributed by atoms with E-state index in [0.29, 0.717) is 27.4 Å². The van der Waals surface area contributed by atoms with Gasteiger partial charge in [-0.25, -0.2) is 4.98 Å². The molecule has 1 saturated carbocycles. The third-order valence-electron chi connectivity index (χ3n) is 2.94. The molecule has 0 unspecified atom stereocenters. The molecule has 1 aliphatic rings. The summed E-state index contributed by atoms with van der Waals surface area (Å²) in [5.74, 6) is 0.934. The lowest BCUT2D eigenvalue weighted by Crippen LogP contribution is -2.10. The Morgan fingerprint density at radius 1 is 1.22 bits per heavy atom. The van der Waals surface area contributed by atoms with Crippen molar-refractivity contribution in [2.45, 2.75) is 18.8 Å². The van der Waals surface area contributed by atoms with Crippen LogP contribution in [0.2, 0.25) is 10.0 Å². The van der Waals surface area contributed by atoms with Gasteiger partial charge in [-0.15, -0.1) is 0 Å². The van der Waals surface area contributed by atoms with Gasteiger partial charge in [0.15, 0.2) is 0 Å². The molecule has 3 nitrogen and oxygen atoms in total. The highest BCUT2D eigenvalue weighted by atomic mass is 35.5. The number of aromatic amines is 1. The minimum atomic E-state index is -0.145. The lowest BCUT2D eigenvalue weighted by Gasteiger charge is -2.05. The van der Waals surface area contributed by atoms with Gasteiger partial charge in [-0.1, -0.05) is 23.2 Å². The van der Waals surface area contributed by atoms with E-state index in [4.69, 9.17) is 23.2 Å². The number of nitrogens with zero attached hydrogens (tertiary/aromatic N) is 1. The highest BCUT2D eigenvalue weighted by Crippen LogP contribution is 2.39. The zero-order valence-corrected chi connectivity index (χ0v) is 10.9. The minimum Gasteiger partial charge on any atom is -0.306 e. The third kappa shape index (κ3) is 2.28. The second kappa shape index (κ2) is 4.41. The first kappa shape index (κ1) is 11.8. The number of aromatic nitrogens is 2. The third-order valence-corrected chi connectivity index (χ3v) is 3.49. The number of rotatable bonds is 2. The normalized spacial score (nSPS) is 14.8. The quantitative estimate of drug-likeness (QED) is 0.913. The van der Waals surface area contributed by atoms with Crippen LogP contribution in [0, 0.1) is 0 Å². The fraction of sp³-hybridized carbons (Fsp3) is 0.231. The van der Waals surface area contributed by atoms with Crippen LogP contribution in [0.1, 0.15) is 24.5 Å². The Kier molecular flexibility index (Phi) is 2.88. The van der Waals surface area contributed by atoms with Gasteiger partial charge < -0.3 is 4.98 Å². The van der Waals surface area contributed by atoms with Crippen molar-refractivity contribution in [2.24, 2.45) is 0 Å². The maximum atomic E-state index is 11.6. The monoisotopic (exact) mass is 280 g/mol. The van der Waals surface area contributed by atoms with Gasteiger partial charge in [0.1, 0.15) is 5.82 Å². The van der Waals surface area contributed by atoms with Gasteiger partial charge in [0.05, 0.1) is 10.7 Å². The van der Waals surface area contributed by atoms with E-state index in [-0.39, 0.29) is 5.56 Å². The summed E-state index contributed by atoms with van der Waals surface area (Å²) in [6.45, 7) is 0. The Labute approximate surface area is 114 Å². The second-order valence-corrected chi connectivity index (χ2v) is 5.26. The van der Waals surface area contributed by atoms with Crippen molar-refractivity contribution in [3.8, 4) is 11.4 Å². The van der Waals surface area contributed by atoms with Crippen molar-refractivity contribution in [2.75, 3.05) is 0 Å². The first-order chi connectivity index (χ1) is 8.63. The van der Waals surface area contributed by atoms with E-state index in [2.05, 4.69) is 9.97 Å². The van der Waals surface area contributed by atoms with Gasteiger partial charge in [-0.2, -0.15) is 0 Å². The summed E-state index contributed by atoms with van der Waals surface area (Å²) in [6, 6.07) is 6.69. The van der Waals surface area contributed by atoms with Gasteiger partial charge in [-0.3, -0.25) is 4.79 Å². The maximum absolute atomic E-state index is 11.6. The van der Waals surface area contributed by atoms with E-state index >= 15 is 0 Å². The number of H-pyrrole nitrogens is 1. The van der Waals surface area contributed by atoms with Gasteiger partial charge in [-0.05, 0) is 31.0 Å². The SMILES string of the molecule is O=c1cc(C2CC2)nc(-c2ccc(Cl)cc2Cl)[nH]1. The van der Waals surface area contributed by atoms with Crippen molar-refractivity contribution in [1.82, 2.24) is 9.97 Å². The molecule has 2 aromatic rings. The summed E-state index contributed by atoms with van der Waals surface area (Å²) in [4.78, 5) is 18.8. The molecule has 0 radical (unpaired) electrons. The molecule has 0 spiro atoms. The number of nitrogens with one attached hydrogen (secondary N) is 1. The second-order valence-electron chi connectivity index (χ2n) is 4.42. The van der Waals surface area contributed by atoms with E-state index in [9.17, 15) is 4.79 Å². The summed E-state index contributed by atoms with van der Waals surface area (Å²) in [6.07, 6.45) is 2.20. The van der Waals surface area contributed by atoms with Crippen LogP contribution < -0.4 is 5.56 Å². The zero-order chi connectivity index (χ0) is 12.7. The average Bonchev–Trinajstić information content (AvgIpc) is 3.11. The molecule has 0 amide bonds. The topological polar surface area (TPSA) is 45.8 Å². The molecule has 18 heavy (non-hydrogen) atoms. The van der Waals surface area contributed by atoms with Crippen molar-refractivity contribution in [1.29, 1.82) is 0 Å². The summed E-state index contributed by atoms with van der Waals surface area (Å²) < 4.78 is 0. The van der Waals surface area contributed by atoms with Crippen LogP contribution in [0.15, 0.2) is 29.1 Å². The van der Waals surface area contributed by atoms with E-state index in [1.165, 1.54) is 0 Å². The summed E-state index contributed by atoms with van der Waals surface area (Å²) in [7, 11) is 0. The maximum Gasteiger partial charge on any atom is 0.251 e. The Morgan fingerprint density at radius 2 is 2.00 bits per heavy atom. The highest BCUT2D eigenvalue weighted by Gasteiger charge is 2.26. The molecule has 0 saturated heterocycles. The van der Waals surface area contributed by atoms with Crippen LogP contribution in [-0.4, -0.2) is 9.97 Å². The standard InChI is InChI=1S/C13H10Cl2N2O/c14-8-3-4-9(10(15)5-8)13-16-11(7-1-2-7)6-12(18)17-13/h3-7H,1-2H2,(H,16,17,18). The molecule has 0 atom stereocenters. The van der Waals surface area contributed by atoms with Gasteiger partial charge >= 0.3 is 0 Å². The first-order valence-corrected chi connectivity index (χ1v) is 6.46. The molecule has 0 bridgehead atoms. The predicted molar refractivity (Wildman–Crippen MR) is 72.3 cm³/mol. The Hall–Kier alpha value is -1.32. The van der Waals surface area contributed by atoms with Crippen LogP contribution in [0.3, 0.4) is 0 Å². The largest absolute Gasteiger partial charge is 0.306 e. The number of benzene rings is 1. The molecule has 5 heteroatoms. The molecular formula is C13H10Cl2N2O. The molecule has 1 aromatic carbocycles. The van der Waals surface area contributed by atoms with Gasteiger partial charge in [0.2, 0.25) is 0 Å². The van der Waals surface area contributed by atoms with Crippen LogP contribution in [0.5, 0.6) is 0 Å². The number of hydrogen-bond donors (Lipinski definition) is 1. The number of hydrogen-bond acceptors (Lipinski definition) is 2.